The number of thiophene rings is 1. The van der Waals surface area contributed by atoms with Gasteiger partial charge in [-0.25, -0.2) is 13.6 Å². The molecule has 0 unspecified atom stereocenters. The van der Waals surface area contributed by atoms with Gasteiger partial charge in [-0.1, -0.05) is 0 Å². The first-order valence-electron chi connectivity index (χ1n) is 8.30. The van der Waals surface area contributed by atoms with E-state index in [4.69, 9.17) is 0 Å². The largest absolute Gasteiger partial charge is 0.477 e. The van der Waals surface area contributed by atoms with Gasteiger partial charge in [0.05, 0.1) is 11.2 Å². The molecule has 27 heavy (non-hydrogen) atoms. The van der Waals surface area contributed by atoms with E-state index in [2.05, 4.69) is 5.32 Å². The molecule has 4 rings (SSSR count). The van der Waals surface area contributed by atoms with Crippen molar-refractivity contribution >= 4 is 44.0 Å². The Kier molecular flexibility index (Phi) is 4.11. The van der Waals surface area contributed by atoms with Crippen LogP contribution in [0.5, 0.6) is 0 Å². The number of fused-ring (bicyclic) bond motifs is 2. The first kappa shape index (κ1) is 17.5. The lowest BCUT2D eigenvalue weighted by atomic mass is 10.1. The molecular weight excluding hydrogens is 370 g/mol. The quantitative estimate of drug-likeness (QED) is 0.505. The molecule has 0 aliphatic carbocycles. The van der Waals surface area contributed by atoms with E-state index in [-0.39, 0.29) is 18.1 Å². The van der Waals surface area contributed by atoms with Crippen LogP contribution >= 0.6 is 11.3 Å². The molecule has 0 saturated carbocycles. The van der Waals surface area contributed by atoms with Gasteiger partial charge in [-0.05, 0) is 53.8 Å². The highest BCUT2D eigenvalue weighted by Gasteiger charge is 2.24. The Morgan fingerprint density at radius 2 is 2.04 bits per heavy atom. The lowest BCUT2D eigenvalue weighted by molar-refractivity contribution is 0.0687. The third-order valence-electron chi connectivity index (χ3n) is 4.82. The van der Waals surface area contributed by atoms with E-state index in [9.17, 15) is 18.7 Å². The van der Waals surface area contributed by atoms with Crippen molar-refractivity contribution in [1.29, 1.82) is 0 Å². The number of aromatic nitrogens is 1. The van der Waals surface area contributed by atoms with Crippen molar-refractivity contribution < 1.29 is 18.7 Å². The number of anilines is 1. The molecule has 0 saturated heterocycles. The number of nitrogens with one attached hydrogen (secondary N) is 1. The van der Waals surface area contributed by atoms with Crippen molar-refractivity contribution in [2.45, 2.75) is 13.5 Å². The van der Waals surface area contributed by atoms with Crippen LogP contribution in [0.2, 0.25) is 0 Å². The van der Waals surface area contributed by atoms with Gasteiger partial charge >= 0.3 is 5.97 Å². The van der Waals surface area contributed by atoms with Crippen molar-refractivity contribution in [3.8, 4) is 0 Å². The molecule has 2 N–H and O–H groups in total. The molecule has 0 amide bonds. The second kappa shape index (κ2) is 6.35. The second-order valence-corrected chi connectivity index (χ2v) is 7.24. The molecule has 0 fully saturated rings. The number of nitrogens with zero attached hydrogens (tertiary/aromatic N) is 1. The summed E-state index contributed by atoms with van der Waals surface area (Å²) in [6, 6.07) is 7.49. The lowest BCUT2D eigenvalue weighted by Gasteiger charge is -2.09. The highest BCUT2D eigenvalue weighted by molar-refractivity contribution is 7.17. The smallest absolute Gasteiger partial charge is 0.354 e. The van der Waals surface area contributed by atoms with Crippen LogP contribution in [0.1, 0.15) is 21.6 Å². The van der Waals surface area contributed by atoms with Crippen LogP contribution in [-0.2, 0) is 6.54 Å². The molecular formula is C20H16F2N2O2S. The Labute approximate surface area is 157 Å². The zero-order chi connectivity index (χ0) is 19.3. The van der Waals surface area contributed by atoms with Gasteiger partial charge in [0.25, 0.3) is 0 Å². The number of carbonyl (C=O) groups is 1. The monoisotopic (exact) mass is 386 g/mol. The van der Waals surface area contributed by atoms with Gasteiger partial charge in [0, 0.05) is 29.1 Å². The highest BCUT2D eigenvalue weighted by Crippen LogP contribution is 2.36. The van der Waals surface area contributed by atoms with Crippen LogP contribution < -0.4 is 5.32 Å². The number of hydrogen-bond donors (Lipinski definition) is 2. The summed E-state index contributed by atoms with van der Waals surface area (Å²) < 4.78 is 30.4. The zero-order valence-corrected chi connectivity index (χ0v) is 15.5. The second-order valence-electron chi connectivity index (χ2n) is 6.33. The van der Waals surface area contributed by atoms with Crippen molar-refractivity contribution in [3.63, 3.8) is 0 Å². The normalized spacial score (nSPS) is 11.4. The minimum atomic E-state index is -1.11. The number of hydrogen-bond acceptors (Lipinski definition) is 3. The Hall–Kier alpha value is -2.93. The first-order chi connectivity index (χ1) is 12.9. The fraction of sp³-hybridized carbons (Fsp3) is 0.150. The third-order valence-corrected chi connectivity index (χ3v) is 5.83. The number of carboxylic acid groups (broad SMARTS) is 1. The molecule has 2 heterocycles. The van der Waals surface area contributed by atoms with Gasteiger partial charge in [0.1, 0.15) is 11.6 Å². The van der Waals surface area contributed by atoms with Crippen molar-refractivity contribution in [2.75, 3.05) is 12.4 Å². The molecule has 0 bridgehead atoms. The molecule has 4 nitrogen and oxygen atoms in total. The Morgan fingerprint density at radius 3 is 2.74 bits per heavy atom. The third kappa shape index (κ3) is 2.66. The average molecular weight is 386 g/mol. The van der Waals surface area contributed by atoms with E-state index in [1.807, 2.05) is 5.38 Å². The van der Waals surface area contributed by atoms with Crippen molar-refractivity contribution in [1.82, 2.24) is 4.57 Å². The zero-order valence-electron chi connectivity index (χ0n) is 14.6. The average Bonchev–Trinajstić information content (AvgIpc) is 3.17. The molecule has 4 aromatic rings. The van der Waals surface area contributed by atoms with Crippen LogP contribution in [0.25, 0.3) is 21.0 Å². The summed E-state index contributed by atoms with van der Waals surface area (Å²) in [5.74, 6) is -1.84. The molecule has 0 aliphatic rings. The molecule has 7 heteroatoms. The van der Waals surface area contributed by atoms with E-state index in [1.54, 1.807) is 30.7 Å². The van der Waals surface area contributed by atoms with Gasteiger partial charge < -0.3 is 15.0 Å². The minimum absolute atomic E-state index is 0.0527. The predicted molar refractivity (Wildman–Crippen MR) is 104 cm³/mol. The van der Waals surface area contributed by atoms with E-state index in [0.29, 0.717) is 22.2 Å². The standard InChI is InChI=1S/C20H16F2N2O2S/c1-10-14(22)4-5-15-17(10)18(23-2)19(20(25)26)24(15)8-11-9-27-16-6-3-12(21)7-13(11)16/h3-7,9,23H,8H2,1-2H3,(H,25,26). The summed E-state index contributed by atoms with van der Waals surface area (Å²) in [6.45, 7) is 1.87. The Morgan fingerprint density at radius 1 is 1.26 bits per heavy atom. The number of carboxylic acids is 1. The van der Waals surface area contributed by atoms with E-state index in [1.165, 1.54) is 29.5 Å². The molecule has 2 aromatic heterocycles. The summed E-state index contributed by atoms with van der Waals surface area (Å²) >= 11 is 1.48. The van der Waals surface area contributed by atoms with E-state index >= 15 is 0 Å². The van der Waals surface area contributed by atoms with Gasteiger partial charge in [-0.3, -0.25) is 0 Å². The number of benzene rings is 2. The number of aryl methyl sites for hydroxylation is 1. The minimum Gasteiger partial charge on any atom is -0.477 e. The molecule has 0 spiro atoms. The van der Waals surface area contributed by atoms with Gasteiger partial charge in [-0.15, -0.1) is 11.3 Å². The molecule has 0 aliphatic heterocycles. The maximum atomic E-state index is 14.1. The van der Waals surface area contributed by atoms with E-state index < -0.39 is 11.8 Å². The predicted octanol–water partition coefficient (Wildman–Crippen LogP) is 5.23. The maximum Gasteiger partial charge on any atom is 0.354 e. The van der Waals surface area contributed by atoms with Crippen molar-refractivity contribution in [2.24, 2.45) is 0 Å². The number of aromatic carboxylic acids is 1. The highest BCUT2D eigenvalue weighted by atomic mass is 32.1. The number of rotatable bonds is 4. The van der Waals surface area contributed by atoms with Crippen LogP contribution in [0.15, 0.2) is 35.7 Å². The van der Waals surface area contributed by atoms with Crippen LogP contribution in [0.3, 0.4) is 0 Å². The van der Waals surface area contributed by atoms with Crippen LogP contribution in [0, 0.1) is 18.6 Å². The lowest BCUT2D eigenvalue weighted by Crippen LogP contribution is -2.11. The maximum absolute atomic E-state index is 14.1. The summed E-state index contributed by atoms with van der Waals surface area (Å²) in [5.41, 5.74) is 2.25. The molecule has 0 atom stereocenters. The SMILES string of the molecule is CNc1c(C(=O)O)n(Cc2csc3ccc(F)cc23)c2ccc(F)c(C)c12. The molecule has 0 radical (unpaired) electrons. The van der Waals surface area contributed by atoms with E-state index in [0.717, 1.165) is 15.6 Å². The Bertz CT molecular complexity index is 1210. The fourth-order valence-electron chi connectivity index (χ4n) is 3.56. The van der Waals surface area contributed by atoms with Gasteiger partial charge in [-0.2, -0.15) is 0 Å². The molecule has 138 valence electrons. The summed E-state index contributed by atoms with van der Waals surface area (Å²) in [6.07, 6.45) is 0. The fourth-order valence-corrected chi connectivity index (χ4v) is 4.50. The summed E-state index contributed by atoms with van der Waals surface area (Å²) in [7, 11) is 1.62. The van der Waals surface area contributed by atoms with Gasteiger partial charge in [0.15, 0.2) is 5.69 Å². The molecule has 2 aromatic carbocycles. The summed E-state index contributed by atoms with van der Waals surface area (Å²) in [5, 5.41) is 15.9. The topological polar surface area (TPSA) is 54.3 Å². The van der Waals surface area contributed by atoms with Crippen LogP contribution in [-0.4, -0.2) is 22.7 Å². The van der Waals surface area contributed by atoms with Crippen molar-refractivity contribution in [3.05, 3.63) is 64.2 Å². The van der Waals surface area contributed by atoms with Gasteiger partial charge in [0.2, 0.25) is 0 Å². The Balaban J connectivity index is 2.00. The first-order valence-corrected chi connectivity index (χ1v) is 9.18. The summed E-state index contributed by atoms with van der Waals surface area (Å²) in [4.78, 5) is 12.0. The number of halogens is 2. The van der Waals surface area contributed by atoms with Crippen LogP contribution in [0.4, 0.5) is 14.5 Å².